The SMILES string of the molecule is O=C1S/C(=C/c2cccc(O)c2)C(=O)N1Cc1cc2c(cc1Cl)OCO2. The second-order valence-electron chi connectivity index (χ2n) is 5.66. The first-order valence-corrected chi connectivity index (χ1v) is 8.83. The van der Waals surface area contributed by atoms with E-state index in [4.69, 9.17) is 21.1 Å². The molecule has 1 fully saturated rings. The molecule has 26 heavy (non-hydrogen) atoms. The topological polar surface area (TPSA) is 76.1 Å². The first kappa shape index (κ1) is 16.8. The van der Waals surface area contributed by atoms with Crippen molar-refractivity contribution in [3.63, 3.8) is 0 Å². The highest BCUT2D eigenvalue weighted by Crippen LogP contribution is 2.39. The molecule has 0 atom stereocenters. The summed E-state index contributed by atoms with van der Waals surface area (Å²) in [7, 11) is 0. The lowest BCUT2D eigenvalue weighted by atomic mass is 10.1. The number of hydrogen-bond donors (Lipinski definition) is 1. The molecule has 1 saturated heterocycles. The van der Waals surface area contributed by atoms with Crippen LogP contribution in [0, 0.1) is 0 Å². The summed E-state index contributed by atoms with van der Waals surface area (Å²) < 4.78 is 10.6. The van der Waals surface area contributed by atoms with E-state index in [1.807, 2.05) is 0 Å². The molecule has 0 unspecified atom stereocenters. The molecular weight excluding hydrogens is 378 g/mol. The summed E-state index contributed by atoms with van der Waals surface area (Å²) in [4.78, 5) is 26.3. The highest BCUT2D eigenvalue weighted by Gasteiger charge is 2.35. The number of halogens is 1. The molecule has 8 heteroatoms. The zero-order valence-electron chi connectivity index (χ0n) is 13.3. The second kappa shape index (κ2) is 6.59. The molecule has 2 heterocycles. The number of benzene rings is 2. The van der Waals surface area contributed by atoms with Gasteiger partial charge in [0.15, 0.2) is 11.5 Å². The van der Waals surface area contributed by atoms with Gasteiger partial charge in [0.1, 0.15) is 5.75 Å². The molecule has 6 nitrogen and oxygen atoms in total. The largest absolute Gasteiger partial charge is 0.508 e. The number of carbonyl (C=O) groups excluding carboxylic acids is 2. The van der Waals surface area contributed by atoms with E-state index in [1.54, 1.807) is 30.3 Å². The summed E-state index contributed by atoms with van der Waals surface area (Å²) in [5.41, 5.74) is 1.23. The lowest BCUT2D eigenvalue weighted by molar-refractivity contribution is -0.123. The van der Waals surface area contributed by atoms with Crippen molar-refractivity contribution >= 4 is 40.6 Å². The van der Waals surface area contributed by atoms with Gasteiger partial charge in [-0.05, 0) is 47.2 Å². The van der Waals surface area contributed by atoms with Crippen LogP contribution in [0.25, 0.3) is 6.08 Å². The minimum Gasteiger partial charge on any atom is -0.508 e. The number of amides is 2. The number of fused-ring (bicyclic) bond motifs is 1. The van der Waals surface area contributed by atoms with Crippen LogP contribution in [-0.4, -0.2) is 27.9 Å². The van der Waals surface area contributed by atoms with Crippen LogP contribution in [0.3, 0.4) is 0 Å². The van der Waals surface area contributed by atoms with Crippen molar-refractivity contribution in [1.82, 2.24) is 4.90 Å². The second-order valence-corrected chi connectivity index (χ2v) is 7.06. The molecule has 2 aromatic carbocycles. The third kappa shape index (κ3) is 3.11. The maximum Gasteiger partial charge on any atom is 0.293 e. The number of thioether (sulfide) groups is 1. The fourth-order valence-corrected chi connectivity index (χ4v) is 3.70. The zero-order valence-corrected chi connectivity index (χ0v) is 14.8. The standard InChI is InChI=1S/C18H12ClNO5S/c19-13-7-15-14(24-9-25-15)6-11(13)8-20-17(22)16(26-18(20)23)5-10-2-1-3-12(21)4-10/h1-7,21H,8-9H2/b16-5+. The van der Waals surface area contributed by atoms with Gasteiger partial charge in [0.25, 0.3) is 11.1 Å². The average Bonchev–Trinajstić information content (AvgIpc) is 3.14. The van der Waals surface area contributed by atoms with Crippen LogP contribution in [0.15, 0.2) is 41.3 Å². The average molecular weight is 390 g/mol. The van der Waals surface area contributed by atoms with Crippen molar-refractivity contribution in [2.24, 2.45) is 0 Å². The van der Waals surface area contributed by atoms with Gasteiger partial charge >= 0.3 is 0 Å². The van der Waals surface area contributed by atoms with Gasteiger partial charge in [0, 0.05) is 11.1 Å². The minimum absolute atomic E-state index is 0.0392. The van der Waals surface area contributed by atoms with Crippen molar-refractivity contribution in [3.8, 4) is 17.2 Å². The molecular formula is C18H12ClNO5S. The van der Waals surface area contributed by atoms with E-state index < -0.39 is 5.91 Å². The molecule has 132 valence electrons. The summed E-state index contributed by atoms with van der Waals surface area (Å²) in [6.07, 6.45) is 1.58. The van der Waals surface area contributed by atoms with Crippen LogP contribution in [0.2, 0.25) is 5.02 Å². The van der Waals surface area contributed by atoms with E-state index in [9.17, 15) is 14.7 Å². The zero-order chi connectivity index (χ0) is 18.3. The number of ether oxygens (including phenoxy) is 2. The minimum atomic E-state index is -0.405. The normalized spacial score (nSPS) is 17.4. The third-order valence-corrected chi connectivity index (χ3v) is 5.17. The molecule has 2 aliphatic heterocycles. The number of aromatic hydroxyl groups is 1. The Morgan fingerprint density at radius 1 is 1.19 bits per heavy atom. The predicted molar refractivity (Wildman–Crippen MR) is 97.2 cm³/mol. The Hall–Kier alpha value is -2.64. The van der Waals surface area contributed by atoms with Crippen LogP contribution in [0.5, 0.6) is 17.2 Å². The van der Waals surface area contributed by atoms with Crippen LogP contribution < -0.4 is 9.47 Å². The Bertz CT molecular complexity index is 959. The van der Waals surface area contributed by atoms with Gasteiger partial charge in [-0.15, -0.1) is 0 Å². The van der Waals surface area contributed by atoms with Gasteiger partial charge in [0.05, 0.1) is 11.4 Å². The third-order valence-electron chi connectivity index (χ3n) is 3.91. The molecule has 0 spiro atoms. The van der Waals surface area contributed by atoms with E-state index >= 15 is 0 Å². The number of nitrogens with zero attached hydrogens (tertiary/aromatic N) is 1. The Balaban J connectivity index is 1.59. The maximum absolute atomic E-state index is 12.6. The molecule has 4 rings (SSSR count). The Morgan fingerprint density at radius 3 is 2.73 bits per heavy atom. The Labute approximate surface area is 158 Å². The molecule has 1 N–H and O–H groups in total. The van der Waals surface area contributed by atoms with E-state index in [2.05, 4.69) is 0 Å². The Kier molecular flexibility index (Phi) is 4.26. The molecule has 2 amide bonds. The van der Waals surface area contributed by atoms with Gasteiger partial charge in [-0.3, -0.25) is 14.5 Å². The molecule has 0 aromatic heterocycles. The molecule has 2 aromatic rings. The number of imide groups is 1. The lowest BCUT2D eigenvalue weighted by Gasteiger charge is -2.14. The number of rotatable bonds is 3. The Morgan fingerprint density at radius 2 is 1.96 bits per heavy atom. The number of hydrogen-bond acceptors (Lipinski definition) is 6. The van der Waals surface area contributed by atoms with Gasteiger partial charge in [-0.1, -0.05) is 23.7 Å². The van der Waals surface area contributed by atoms with Gasteiger partial charge < -0.3 is 14.6 Å². The van der Waals surface area contributed by atoms with Crippen LogP contribution in [0.4, 0.5) is 4.79 Å². The summed E-state index contributed by atoms with van der Waals surface area (Å²) in [6, 6.07) is 9.74. The molecule has 0 bridgehead atoms. The smallest absolute Gasteiger partial charge is 0.293 e. The van der Waals surface area contributed by atoms with Crippen molar-refractivity contribution in [1.29, 1.82) is 0 Å². The van der Waals surface area contributed by atoms with Gasteiger partial charge in [0.2, 0.25) is 6.79 Å². The van der Waals surface area contributed by atoms with Crippen molar-refractivity contribution < 1.29 is 24.2 Å². The van der Waals surface area contributed by atoms with Gasteiger partial charge in [-0.25, -0.2) is 0 Å². The summed E-state index contributed by atoms with van der Waals surface area (Å²) in [5.74, 6) is 0.755. The number of phenols is 1. The number of phenolic OH excluding ortho intramolecular Hbond substituents is 1. The van der Waals surface area contributed by atoms with E-state index in [-0.39, 0.29) is 29.2 Å². The molecule has 2 aliphatic rings. The predicted octanol–water partition coefficient (Wildman–Crippen LogP) is 4.01. The maximum atomic E-state index is 12.6. The quantitative estimate of drug-likeness (QED) is 0.799. The van der Waals surface area contributed by atoms with E-state index in [0.29, 0.717) is 27.6 Å². The fraction of sp³-hybridized carbons (Fsp3) is 0.111. The lowest BCUT2D eigenvalue weighted by Crippen LogP contribution is -2.27. The van der Waals surface area contributed by atoms with Crippen molar-refractivity contribution in [2.45, 2.75) is 6.54 Å². The van der Waals surface area contributed by atoms with Crippen LogP contribution >= 0.6 is 23.4 Å². The van der Waals surface area contributed by atoms with Crippen LogP contribution in [0.1, 0.15) is 11.1 Å². The highest BCUT2D eigenvalue weighted by atomic mass is 35.5. The van der Waals surface area contributed by atoms with Crippen molar-refractivity contribution in [2.75, 3.05) is 6.79 Å². The molecule has 0 radical (unpaired) electrons. The fourth-order valence-electron chi connectivity index (χ4n) is 2.65. The van der Waals surface area contributed by atoms with E-state index in [1.165, 1.54) is 12.1 Å². The van der Waals surface area contributed by atoms with E-state index in [0.717, 1.165) is 16.7 Å². The summed E-state index contributed by atoms with van der Waals surface area (Å²) in [6.45, 7) is 0.154. The highest BCUT2D eigenvalue weighted by molar-refractivity contribution is 8.18. The van der Waals surface area contributed by atoms with Crippen LogP contribution in [-0.2, 0) is 11.3 Å². The molecule has 0 saturated carbocycles. The summed E-state index contributed by atoms with van der Waals surface area (Å²) in [5, 5.41) is 9.54. The van der Waals surface area contributed by atoms with Crippen molar-refractivity contribution in [3.05, 3.63) is 57.5 Å². The first-order valence-electron chi connectivity index (χ1n) is 7.64. The summed E-state index contributed by atoms with van der Waals surface area (Å²) >= 11 is 7.08. The first-order chi connectivity index (χ1) is 12.5. The molecule has 0 aliphatic carbocycles. The van der Waals surface area contributed by atoms with Gasteiger partial charge in [-0.2, -0.15) is 0 Å². The monoisotopic (exact) mass is 389 g/mol. The number of carbonyl (C=O) groups is 2.